The van der Waals surface area contributed by atoms with Crippen molar-refractivity contribution >= 4 is 33.9 Å². The van der Waals surface area contributed by atoms with Crippen LogP contribution in [0.3, 0.4) is 0 Å². The molecule has 0 radical (unpaired) electrons. The van der Waals surface area contributed by atoms with Crippen LogP contribution in [0.5, 0.6) is 5.75 Å². The van der Waals surface area contributed by atoms with Gasteiger partial charge < -0.3 is 30.2 Å². The second kappa shape index (κ2) is 8.12. The summed E-state index contributed by atoms with van der Waals surface area (Å²) < 4.78 is 10.5. The highest BCUT2D eigenvalue weighted by Crippen LogP contribution is 2.34. The van der Waals surface area contributed by atoms with E-state index in [1.165, 1.54) is 13.2 Å². The van der Waals surface area contributed by atoms with Crippen molar-refractivity contribution in [2.24, 2.45) is 5.73 Å². The van der Waals surface area contributed by atoms with Gasteiger partial charge in [0.2, 0.25) is 5.91 Å². The van der Waals surface area contributed by atoms with Gasteiger partial charge in [-0.15, -0.1) is 0 Å². The minimum Gasteiger partial charge on any atom is -0.495 e. The van der Waals surface area contributed by atoms with E-state index in [1.807, 2.05) is 12.1 Å². The van der Waals surface area contributed by atoms with Gasteiger partial charge in [0.15, 0.2) is 0 Å². The first-order chi connectivity index (χ1) is 13.4. The van der Waals surface area contributed by atoms with Crippen molar-refractivity contribution < 1.29 is 19.1 Å². The van der Waals surface area contributed by atoms with Crippen molar-refractivity contribution in [3.05, 3.63) is 59.0 Å². The quantitative estimate of drug-likeness (QED) is 0.556. The Labute approximate surface area is 161 Å². The number of ether oxygens (including phenoxy) is 1. The van der Waals surface area contributed by atoms with E-state index in [4.69, 9.17) is 20.0 Å². The smallest absolute Gasteiger partial charge is 0.338 e. The molecule has 0 aliphatic carbocycles. The number of anilines is 3. The Morgan fingerprint density at radius 2 is 2.04 bits per heavy atom. The standard InChI is InChI=1S/C20H21N3O5/c1-23(16-10-19(25)28-17-6-4-3-5-13(16)17)12-7-8-18(27-2)15(9-12)22-20(26)14(21)11-24/h3-10,14,24H,11,21H2,1-2H3,(H,22,26)/t14-/m0/s1. The second-order valence-electron chi connectivity index (χ2n) is 6.17. The van der Waals surface area contributed by atoms with Gasteiger partial charge in [-0.1, -0.05) is 12.1 Å². The summed E-state index contributed by atoms with van der Waals surface area (Å²) in [5, 5.41) is 12.5. The Morgan fingerprint density at radius 3 is 2.75 bits per heavy atom. The molecule has 0 aliphatic heterocycles. The van der Waals surface area contributed by atoms with Crippen LogP contribution in [0.25, 0.3) is 11.0 Å². The molecule has 1 amide bonds. The number of carbonyl (C=O) groups is 1. The van der Waals surface area contributed by atoms with Gasteiger partial charge in [-0.05, 0) is 30.3 Å². The molecular formula is C20H21N3O5. The maximum Gasteiger partial charge on any atom is 0.338 e. The average Bonchev–Trinajstić information content (AvgIpc) is 2.71. The number of para-hydroxylation sites is 1. The molecule has 8 nitrogen and oxygen atoms in total. The molecule has 0 fully saturated rings. The Hall–Kier alpha value is -3.36. The number of rotatable bonds is 6. The van der Waals surface area contributed by atoms with E-state index < -0.39 is 24.2 Å². The van der Waals surface area contributed by atoms with Gasteiger partial charge in [-0.3, -0.25) is 4.79 Å². The lowest BCUT2D eigenvalue weighted by Crippen LogP contribution is -2.38. The van der Waals surface area contributed by atoms with Gasteiger partial charge in [0.1, 0.15) is 17.4 Å². The minimum atomic E-state index is -1.05. The number of hydrogen-bond donors (Lipinski definition) is 3. The third-order valence-electron chi connectivity index (χ3n) is 4.35. The van der Waals surface area contributed by atoms with Crippen LogP contribution in [0.1, 0.15) is 0 Å². The summed E-state index contributed by atoms with van der Waals surface area (Å²) in [5.74, 6) is -0.0977. The monoisotopic (exact) mass is 383 g/mol. The highest BCUT2D eigenvalue weighted by atomic mass is 16.5. The first kappa shape index (κ1) is 19.4. The van der Waals surface area contributed by atoms with Gasteiger partial charge in [0.25, 0.3) is 0 Å². The largest absolute Gasteiger partial charge is 0.495 e. The molecule has 3 aromatic rings. The van der Waals surface area contributed by atoms with E-state index in [-0.39, 0.29) is 0 Å². The number of hydrogen-bond acceptors (Lipinski definition) is 7. The van der Waals surface area contributed by atoms with Crippen LogP contribution in [-0.2, 0) is 4.79 Å². The number of aliphatic hydroxyl groups is 1. The highest BCUT2D eigenvalue weighted by molar-refractivity contribution is 5.97. The number of carbonyl (C=O) groups excluding carboxylic acids is 1. The van der Waals surface area contributed by atoms with Gasteiger partial charge >= 0.3 is 5.63 Å². The third kappa shape index (κ3) is 3.83. The van der Waals surface area contributed by atoms with Crippen LogP contribution in [0.15, 0.2) is 57.7 Å². The maximum atomic E-state index is 12.1. The van der Waals surface area contributed by atoms with E-state index in [0.717, 1.165) is 5.39 Å². The lowest BCUT2D eigenvalue weighted by molar-refractivity contribution is -0.118. The SMILES string of the molecule is COc1ccc(N(C)c2cc(=O)oc3ccccc23)cc1NC(=O)[C@@H](N)CO. The Morgan fingerprint density at radius 1 is 1.29 bits per heavy atom. The number of nitrogens with one attached hydrogen (secondary N) is 1. The zero-order chi connectivity index (χ0) is 20.3. The van der Waals surface area contributed by atoms with Crippen LogP contribution < -0.4 is 26.3 Å². The molecule has 0 saturated carbocycles. The molecular weight excluding hydrogens is 362 g/mol. The molecule has 2 aromatic carbocycles. The van der Waals surface area contributed by atoms with Crippen LogP contribution >= 0.6 is 0 Å². The van der Waals surface area contributed by atoms with E-state index in [1.54, 1.807) is 42.3 Å². The first-order valence-electron chi connectivity index (χ1n) is 8.56. The molecule has 0 saturated heterocycles. The number of amides is 1. The summed E-state index contributed by atoms with van der Waals surface area (Å²) in [7, 11) is 3.28. The lowest BCUT2D eigenvalue weighted by atomic mass is 10.1. The Balaban J connectivity index is 2.03. The minimum absolute atomic E-state index is 0.396. The third-order valence-corrected chi connectivity index (χ3v) is 4.35. The predicted octanol–water partition coefficient (Wildman–Crippen LogP) is 1.83. The normalized spacial score (nSPS) is 11.9. The Bertz CT molecular complexity index is 1060. The number of methoxy groups -OCH3 is 1. The molecule has 1 aromatic heterocycles. The summed E-state index contributed by atoms with van der Waals surface area (Å²) in [4.78, 5) is 25.8. The van der Waals surface area contributed by atoms with Gasteiger partial charge in [-0.25, -0.2) is 4.79 Å². The summed E-state index contributed by atoms with van der Waals surface area (Å²) in [5.41, 5.74) is 7.33. The van der Waals surface area contributed by atoms with Crippen molar-refractivity contribution in [1.29, 1.82) is 0 Å². The zero-order valence-electron chi connectivity index (χ0n) is 15.5. The zero-order valence-corrected chi connectivity index (χ0v) is 15.5. The van der Waals surface area contributed by atoms with Crippen molar-refractivity contribution in [3.8, 4) is 5.75 Å². The van der Waals surface area contributed by atoms with Crippen LogP contribution in [0.4, 0.5) is 17.1 Å². The van der Waals surface area contributed by atoms with Crippen molar-refractivity contribution in [3.63, 3.8) is 0 Å². The molecule has 3 rings (SSSR count). The Kier molecular flexibility index (Phi) is 5.62. The first-order valence-corrected chi connectivity index (χ1v) is 8.56. The topological polar surface area (TPSA) is 118 Å². The second-order valence-corrected chi connectivity index (χ2v) is 6.17. The molecule has 28 heavy (non-hydrogen) atoms. The number of nitrogens with two attached hydrogens (primary N) is 1. The summed E-state index contributed by atoms with van der Waals surface area (Å²) in [6.07, 6.45) is 0. The summed E-state index contributed by atoms with van der Waals surface area (Å²) in [6.45, 7) is -0.473. The number of aliphatic hydroxyl groups excluding tert-OH is 1. The van der Waals surface area contributed by atoms with Crippen molar-refractivity contribution in [2.75, 3.05) is 31.0 Å². The molecule has 0 spiro atoms. The van der Waals surface area contributed by atoms with Crippen LogP contribution in [0.2, 0.25) is 0 Å². The van der Waals surface area contributed by atoms with Crippen LogP contribution in [-0.4, -0.2) is 37.8 Å². The number of benzene rings is 2. The molecule has 0 bridgehead atoms. The molecule has 8 heteroatoms. The lowest BCUT2D eigenvalue weighted by Gasteiger charge is -2.22. The number of fused-ring (bicyclic) bond motifs is 1. The fourth-order valence-corrected chi connectivity index (χ4v) is 2.82. The van der Waals surface area contributed by atoms with Gasteiger partial charge in [-0.2, -0.15) is 0 Å². The van der Waals surface area contributed by atoms with Crippen LogP contribution in [0, 0.1) is 0 Å². The highest BCUT2D eigenvalue weighted by Gasteiger charge is 2.17. The molecule has 0 unspecified atom stereocenters. The maximum absolute atomic E-state index is 12.1. The van der Waals surface area contributed by atoms with Crippen molar-refractivity contribution in [1.82, 2.24) is 0 Å². The van der Waals surface area contributed by atoms with E-state index in [0.29, 0.717) is 28.4 Å². The van der Waals surface area contributed by atoms with Gasteiger partial charge in [0, 0.05) is 24.2 Å². The van der Waals surface area contributed by atoms with E-state index in [2.05, 4.69) is 5.32 Å². The fourth-order valence-electron chi connectivity index (χ4n) is 2.82. The summed E-state index contributed by atoms with van der Waals surface area (Å²) in [6, 6.07) is 12.8. The molecule has 0 aliphatic rings. The van der Waals surface area contributed by atoms with E-state index in [9.17, 15) is 9.59 Å². The van der Waals surface area contributed by atoms with Gasteiger partial charge in [0.05, 0.1) is 25.1 Å². The van der Waals surface area contributed by atoms with E-state index >= 15 is 0 Å². The molecule has 1 heterocycles. The molecule has 1 atom stereocenters. The summed E-state index contributed by atoms with van der Waals surface area (Å²) >= 11 is 0. The number of nitrogens with zero attached hydrogens (tertiary/aromatic N) is 1. The molecule has 146 valence electrons. The average molecular weight is 383 g/mol. The fraction of sp³-hybridized carbons (Fsp3) is 0.200. The predicted molar refractivity (Wildman–Crippen MR) is 107 cm³/mol. The molecule has 4 N–H and O–H groups in total. The van der Waals surface area contributed by atoms with Crippen molar-refractivity contribution in [2.45, 2.75) is 6.04 Å².